The molecule has 1 heterocycles. The first-order valence-electron chi connectivity index (χ1n) is 8.24. The van der Waals surface area contributed by atoms with Gasteiger partial charge in [-0.1, -0.05) is 42.0 Å². The standard InChI is InChI=1S/C20H21NO3/c1-14-7-8-18(22)17(13-14)20(24)21-11-9-16(10-12-21)19(23)15-5-3-2-4-6-15/h2-8,13,16,22H,9-12H2,1H3. The number of piperidine rings is 1. The van der Waals surface area contributed by atoms with E-state index in [1.54, 1.807) is 23.1 Å². The number of carbonyl (C=O) groups is 2. The van der Waals surface area contributed by atoms with E-state index in [-0.39, 0.29) is 23.4 Å². The summed E-state index contributed by atoms with van der Waals surface area (Å²) in [5.41, 5.74) is 2.01. The fraction of sp³-hybridized carbons (Fsp3) is 0.300. The Bertz CT molecular complexity index is 747. The molecule has 1 aliphatic heterocycles. The van der Waals surface area contributed by atoms with Crippen molar-refractivity contribution in [3.8, 4) is 5.75 Å². The maximum absolute atomic E-state index is 12.6. The molecule has 0 aliphatic carbocycles. The molecule has 0 bridgehead atoms. The monoisotopic (exact) mass is 323 g/mol. The summed E-state index contributed by atoms with van der Waals surface area (Å²) in [5, 5.41) is 9.92. The number of rotatable bonds is 3. The van der Waals surface area contributed by atoms with Gasteiger partial charge >= 0.3 is 0 Å². The number of benzene rings is 2. The number of aromatic hydroxyl groups is 1. The molecule has 0 unspecified atom stereocenters. The van der Waals surface area contributed by atoms with Crippen LogP contribution in [0.3, 0.4) is 0 Å². The molecule has 2 aromatic carbocycles. The molecular formula is C20H21NO3. The summed E-state index contributed by atoms with van der Waals surface area (Å²) in [6, 6.07) is 14.3. The van der Waals surface area contributed by atoms with Gasteiger partial charge in [0.15, 0.2) is 5.78 Å². The zero-order valence-electron chi connectivity index (χ0n) is 13.7. The lowest BCUT2D eigenvalue weighted by molar-refractivity contribution is 0.0647. The predicted molar refractivity (Wildman–Crippen MR) is 92.2 cm³/mol. The highest BCUT2D eigenvalue weighted by Gasteiger charge is 2.29. The summed E-state index contributed by atoms with van der Waals surface area (Å²) in [5.74, 6) is -0.0430. The van der Waals surface area contributed by atoms with Crippen molar-refractivity contribution < 1.29 is 14.7 Å². The number of nitrogens with zero attached hydrogens (tertiary/aromatic N) is 1. The van der Waals surface area contributed by atoms with Gasteiger partial charge in [-0.25, -0.2) is 0 Å². The lowest BCUT2D eigenvalue weighted by Crippen LogP contribution is -2.40. The Labute approximate surface area is 141 Å². The Morgan fingerprint density at radius 2 is 1.71 bits per heavy atom. The van der Waals surface area contributed by atoms with Crippen LogP contribution in [0.25, 0.3) is 0 Å². The van der Waals surface area contributed by atoms with E-state index in [1.165, 1.54) is 0 Å². The number of amides is 1. The second-order valence-electron chi connectivity index (χ2n) is 6.32. The molecule has 1 saturated heterocycles. The molecule has 4 heteroatoms. The van der Waals surface area contributed by atoms with E-state index in [0.717, 1.165) is 11.1 Å². The third kappa shape index (κ3) is 3.32. The molecule has 0 atom stereocenters. The van der Waals surface area contributed by atoms with E-state index < -0.39 is 0 Å². The molecule has 0 aromatic heterocycles. The number of phenolic OH excluding ortho intramolecular Hbond substituents is 1. The molecule has 0 saturated carbocycles. The first-order chi connectivity index (χ1) is 11.6. The van der Waals surface area contributed by atoms with Crippen LogP contribution in [-0.2, 0) is 0 Å². The molecule has 2 aromatic rings. The van der Waals surface area contributed by atoms with Gasteiger partial charge in [0.25, 0.3) is 5.91 Å². The molecule has 3 rings (SSSR count). The van der Waals surface area contributed by atoms with Crippen LogP contribution in [0.1, 0.15) is 39.1 Å². The lowest BCUT2D eigenvalue weighted by Gasteiger charge is -2.31. The zero-order valence-corrected chi connectivity index (χ0v) is 13.7. The number of likely N-dealkylation sites (tertiary alicyclic amines) is 1. The Hall–Kier alpha value is -2.62. The van der Waals surface area contributed by atoms with Gasteiger partial charge < -0.3 is 10.0 Å². The van der Waals surface area contributed by atoms with Crippen LogP contribution < -0.4 is 0 Å². The molecule has 1 N–H and O–H groups in total. The molecule has 1 amide bonds. The molecule has 0 radical (unpaired) electrons. The van der Waals surface area contributed by atoms with Crippen molar-refractivity contribution in [2.45, 2.75) is 19.8 Å². The SMILES string of the molecule is Cc1ccc(O)c(C(=O)N2CCC(C(=O)c3ccccc3)CC2)c1. The highest BCUT2D eigenvalue weighted by Crippen LogP contribution is 2.25. The minimum absolute atomic E-state index is 0.00749. The van der Waals surface area contributed by atoms with Crippen LogP contribution in [0.4, 0.5) is 0 Å². The summed E-state index contributed by atoms with van der Waals surface area (Å²) in [4.78, 5) is 26.8. The van der Waals surface area contributed by atoms with Crippen molar-refractivity contribution in [1.29, 1.82) is 0 Å². The Balaban J connectivity index is 1.66. The predicted octanol–water partition coefficient (Wildman–Crippen LogP) is 3.44. The van der Waals surface area contributed by atoms with Gasteiger partial charge in [-0.2, -0.15) is 0 Å². The minimum Gasteiger partial charge on any atom is -0.507 e. The topological polar surface area (TPSA) is 57.6 Å². The number of phenols is 1. The normalized spacial score (nSPS) is 15.3. The summed E-state index contributed by atoms with van der Waals surface area (Å²) in [7, 11) is 0. The molecule has 1 fully saturated rings. The van der Waals surface area contributed by atoms with Gasteiger partial charge in [0, 0.05) is 24.6 Å². The molecule has 24 heavy (non-hydrogen) atoms. The highest BCUT2D eigenvalue weighted by atomic mass is 16.3. The summed E-state index contributed by atoms with van der Waals surface area (Å²) in [6.07, 6.45) is 1.32. The fourth-order valence-electron chi connectivity index (χ4n) is 3.17. The number of Topliss-reactive ketones (excluding diaryl/α,β-unsaturated/α-hetero) is 1. The van der Waals surface area contributed by atoms with Crippen molar-refractivity contribution in [1.82, 2.24) is 4.90 Å². The van der Waals surface area contributed by atoms with E-state index in [4.69, 9.17) is 0 Å². The molecular weight excluding hydrogens is 302 g/mol. The molecule has 124 valence electrons. The smallest absolute Gasteiger partial charge is 0.257 e. The van der Waals surface area contributed by atoms with E-state index in [9.17, 15) is 14.7 Å². The maximum Gasteiger partial charge on any atom is 0.257 e. The fourth-order valence-corrected chi connectivity index (χ4v) is 3.17. The van der Waals surface area contributed by atoms with Crippen molar-refractivity contribution in [2.24, 2.45) is 5.92 Å². The largest absolute Gasteiger partial charge is 0.507 e. The van der Waals surface area contributed by atoms with Gasteiger partial charge in [0.1, 0.15) is 5.75 Å². The van der Waals surface area contributed by atoms with E-state index >= 15 is 0 Å². The summed E-state index contributed by atoms with van der Waals surface area (Å²) >= 11 is 0. The Morgan fingerprint density at radius 1 is 1.04 bits per heavy atom. The van der Waals surface area contributed by atoms with Crippen molar-refractivity contribution in [3.63, 3.8) is 0 Å². The van der Waals surface area contributed by atoms with Crippen LogP contribution in [-0.4, -0.2) is 34.8 Å². The molecule has 4 nitrogen and oxygen atoms in total. The van der Waals surface area contributed by atoms with Crippen LogP contribution in [0, 0.1) is 12.8 Å². The zero-order chi connectivity index (χ0) is 17.1. The maximum atomic E-state index is 12.6. The highest BCUT2D eigenvalue weighted by molar-refractivity contribution is 5.99. The van der Waals surface area contributed by atoms with E-state index in [0.29, 0.717) is 31.5 Å². The van der Waals surface area contributed by atoms with Gasteiger partial charge in [-0.3, -0.25) is 9.59 Å². The first-order valence-corrected chi connectivity index (χ1v) is 8.24. The van der Waals surface area contributed by atoms with Crippen LogP contribution >= 0.6 is 0 Å². The van der Waals surface area contributed by atoms with Crippen molar-refractivity contribution in [3.05, 3.63) is 65.2 Å². The molecule has 0 spiro atoms. The number of aryl methyl sites for hydroxylation is 1. The Kier molecular flexibility index (Phi) is 4.65. The second-order valence-corrected chi connectivity index (χ2v) is 6.32. The average Bonchev–Trinajstić information content (AvgIpc) is 2.63. The van der Waals surface area contributed by atoms with Crippen LogP contribution in [0.2, 0.25) is 0 Å². The second kappa shape index (κ2) is 6.87. The summed E-state index contributed by atoms with van der Waals surface area (Å²) in [6.45, 7) is 2.96. The average molecular weight is 323 g/mol. The first kappa shape index (κ1) is 16.2. The van der Waals surface area contributed by atoms with Crippen molar-refractivity contribution in [2.75, 3.05) is 13.1 Å². The van der Waals surface area contributed by atoms with Crippen molar-refractivity contribution >= 4 is 11.7 Å². The number of carbonyl (C=O) groups excluding carboxylic acids is 2. The Morgan fingerprint density at radius 3 is 2.38 bits per heavy atom. The van der Waals surface area contributed by atoms with E-state index in [1.807, 2.05) is 37.3 Å². The van der Waals surface area contributed by atoms with Gasteiger partial charge in [-0.05, 0) is 31.9 Å². The lowest BCUT2D eigenvalue weighted by atomic mass is 9.88. The quantitative estimate of drug-likeness (QED) is 0.880. The number of hydrogen-bond donors (Lipinski definition) is 1. The molecule has 1 aliphatic rings. The third-order valence-corrected chi connectivity index (χ3v) is 4.59. The van der Waals surface area contributed by atoms with Crippen LogP contribution in [0.5, 0.6) is 5.75 Å². The van der Waals surface area contributed by atoms with Gasteiger partial charge in [0.2, 0.25) is 0 Å². The minimum atomic E-state index is -0.165. The van der Waals surface area contributed by atoms with Gasteiger partial charge in [-0.15, -0.1) is 0 Å². The van der Waals surface area contributed by atoms with Gasteiger partial charge in [0.05, 0.1) is 5.56 Å². The number of hydrogen-bond acceptors (Lipinski definition) is 3. The number of ketones is 1. The van der Waals surface area contributed by atoms with E-state index in [2.05, 4.69) is 0 Å². The van der Waals surface area contributed by atoms with Crippen LogP contribution in [0.15, 0.2) is 48.5 Å². The third-order valence-electron chi connectivity index (χ3n) is 4.59. The summed E-state index contributed by atoms with van der Waals surface area (Å²) < 4.78 is 0.